The van der Waals surface area contributed by atoms with Gasteiger partial charge in [-0.1, -0.05) is 72.3 Å². The lowest BCUT2D eigenvalue weighted by Crippen LogP contribution is -2.31. The third kappa shape index (κ3) is 7.44. The molecule has 0 saturated carbocycles. The van der Waals surface area contributed by atoms with Crippen molar-refractivity contribution in [2.24, 2.45) is 0 Å². The third-order valence-electron chi connectivity index (χ3n) is 6.33. The molecule has 0 aliphatic carbocycles. The number of furan rings is 1. The Morgan fingerprint density at radius 1 is 1.03 bits per heavy atom. The SMILES string of the molecule is Cc1occc1C(=O)Nc1ccccc1.N#CC(CCc1ccc(Cl)cc1)(Cn1cncn1)c1ccccc1. The molecule has 0 spiro atoms. The van der Waals surface area contributed by atoms with Gasteiger partial charge in [0, 0.05) is 10.7 Å². The number of anilines is 1. The van der Waals surface area contributed by atoms with Crippen LogP contribution in [0.4, 0.5) is 5.69 Å². The average molecular weight is 538 g/mol. The summed E-state index contributed by atoms with van der Waals surface area (Å²) in [4.78, 5) is 15.7. The Kier molecular flexibility index (Phi) is 9.28. The van der Waals surface area contributed by atoms with E-state index >= 15 is 0 Å². The number of carbonyl (C=O) groups excluding carboxylic acids is 1. The molecule has 2 aromatic heterocycles. The van der Waals surface area contributed by atoms with E-state index < -0.39 is 5.41 Å². The molecule has 0 aliphatic rings. The van der Waals surface area contributed by atoms with E-state index in [1.54, 1.807) is 24.0 Å². The number of rotatable bonds is 8. The van der Waals surface area contributed by atoms with Crippen LogP contribution >= 0.6 is 11.6 Å². The highest BCUT2D eigenvalue weighted by atomic mass is 35.5. The number of hydrogen-bond acceptors (Lipinski definition) is 5. The number of aromatic nitrogens is 3. The van der Waals surface area contributed by atoms with Crippen molar-refractivity contribution >= 4 is 23.2 Å². The molecule has 5 aromatic rings. The number of nitrogens with zero attached hydrogens (tertiary/aromatic N) is 4. The molecular formula is C31H28ClN5O2. The van der Waals surface area contributed by atoms with Crippen LogP contribution in [-0.4, -0.2) is 20.7 Å². The van der Waals surface area contributed by atoms with Crippen molar-refractivity contribution in [2.75, 3.05) is 5.32 Å². The normalized spacial score (nSPS) is 11.9. The molecule has 0 radical (unpaired) electrons. The van der Waals surface area contributed by atoms with Gasteiger partial charge in [-0.2, -0.15) is 10.4 Å². The summed E-state index contributed by atoms with van der Waals surface area (Å²) < 4.78 is 6.78. The van der Waals surface area contributed by atoms with Crippen LogP contribution in [0.1, 0.15) is 33.7 Å². The van der Waals surface area contributed by atoms with Gasteiger partial charge in [0.15, 0.2) is 0 Å². The first-order chi connectivity index (χ1) is 19.0. The Hall–Kier alpha value is -4.67. The van der Waals surface area contributed by atoms with Gasteiger partial charge in [0.05, 0.1) is 24.4 Å². The van der Waals surface area contributed by atoms with E-state index in [2.05, 4.69) is 21.5 Å². The number of amides is 1. The van der Waals surface area contributed by atoms with Gasteiger partial charge < -0.3 is 9.73 Å². The van der Waals surface area contributed by atoms with Crippen LogP contribution in [0.3, 0.4) is 0 Å². The second-order valence-electron chi connectivity index (χ2n) is 8.99. The van der Waals surface area contributed by atoms with Crippen molar-refractivity contribution < 1.29 is 9.21 Å². The molecule has 0 aliphatic heterocycles. The number of para-hydroxylation sites is 1. The fourth-order valence-electron chi connectivity index (χ4n) is 4.17. The Bertz CT molecular complexity index is 1490. The molecule has 2 heterocycles. The van der Waals surface area contributed by atoms with E-state index in [9.17, 15) is 10.1 Å². The van der Waals surface area contributed by atoms with Gasteiger partial charge in [-0.3, -0.25) is 9.48 Å². The Balaban J connectivity index is 0.000000202. The Morgan fingerprint density at radius 3 is 2.31 bits per heavy atom. The van der Waals surface area contributed by atoms with Crippen LogP contribution in [0.5, 0.6) is 0 Å². The number of halogens is 1. The standard InChI is InChI=1S/C19H17ClN4.C12H11NO2/c20-18-8-6-16(7-9-18)10-11-19(12-21,13-24-15-22-14-23-24)17-4-2-1-3-5-17;1-9-11(7-8-15-9)12(14)13-10-5-3-2-4-6-10/h1-9,14-15H,10-11,13H2;2-8H,1H3,(H,13,14). The molecule has 8 heteroatoms. The third-order valence-corrected chi connectivity index (χ3v) is 6.58. The number of hydrogen-bond donors (Lipinski definition) is 1. The van der Waals surface area contributed by atoms with E-state index in [1.807, 2.05) is 84.9 Å². The first-order valence-corrected chi connectivity index (χ1v) is 12.8. The summed E-state index contributed by atoms with van der Waals surface area (Å²) in [6.07, 6.45) is 6.13. The molecule has 5 rings (SSSR count). The average Bonchev–Trinajstić information content (AvgIpc) is 3.65. The maximum atomic E-state index is 11.7. The zero-order valence-corrected chi connectivity index (χ0v) is 22.3. The van der Waals surface area contributed by atoms with Crippen LogP contribution in [0, 0.1) is 18.3 Å². The molecule has 0 bridgehead atoms. The lowest BCUT2D eigenvalue weighted by molar-refractivity contribution is 0.102. The van der Waals surface area contributed by atoms with E-state index in [-0.39, 0.29) is 5.91 Å². The van der Waals surface area contributed by atoms with E-state index in [0.29, 0.717) is 24.3 Å². The monoisotopic (exact) mass is 537 g/mol. The molecular weight excluding hydrogens is 510 g/mol. The highest BCUT2D eigenvalue weighted by Gasteiger charge is 2.33. The van der Waals surface area contributed by atoms with Gasteiger partial charge in [0.25, 0.3) is 5.91 Å². The van der Waals surface area contributed by atoms with Crippen molar-refractivity contribution in [1.82, 2.24) is 14.8 Å². The van der Waals surface area contributed by atoms with Crippen LogP contribution in [0.25, 0.3) is 0 Å². The lowest BCUT2D eigenvalue weighted by atomic mass is 9.77. The zero-order valence-electron chi connectivity index (χ0n) is 21.5. The molecule has 0 fully saturated rings. The van der Waals surface area contributed by atoms with Gasteiger partial charge in [0.2, 0.25) is 0 Å². The van der Waals surface area contributed by atoms with E-state index in [4.69, 9.17) is 16.0 Å². The van der Waals surface area contributed by atoms with Gasteiger partial charge in [-0.25, -0.2) is 4.98 Å². The first kappa shape index (κ1) is 27.4. The lowest BCUT2D eigenvalue weighted by Gasteiger charge is -2.27. The number of nitrogens with one attached hydrogen (secondary N) is 1. The van der Waals surface area contributed by atoms with E-state index in [0.717, 1.165) is 28.3 Å². The fraction of sp³-hybridized carbons (Fsp3) is 0.161. The zero-order chi connectivity index (χ0) is 27.5. The topological polar surface area (TPSA) is 96.7 Å². The summed E-state index contributed by atoms with van der Waals surface area (Å²) >= 11 is 5.95. The van der Waals surface area contributed by atoms with Crippen LogP contribution < -0.4 is 5.32 Å². The summed E-state index contributed by atoms with van der Waals surface area (Å²) in [5.41, 5.74) is 2.85. The quantitative estimate of drug-likeness (QED) is 0.233. The Morgan fingerprint density at radius 2 is 1.72 bits per heavy atom. The number of aryl methyl sites for hydroxylation is 2. The van der Waals surface area contributed by atoms with Crippen molar-refractivity contribution in [3.8, 4) is 6.07 Å². The second-order valence-corrected chi connectivity index (χ2v) is 9.43. The molecule has 39 heavy (non-hydrogen) atoms. The van der Waals surface area contributed by atoms with Gasteiger partial charge in [-0.15, -0.1) is 0 Å². The highest BCUT2D eigenvalue weighted by Crippen LogP contribution is 2.31. The van der Waals surface area contributed by atoms with Crippen molar-refractivity contribution in [2.45, 2.75) is 31.7 Å². The minimum absolute atomic E-state index is 0.146. The summed E-state index contributed by atoms with van der Waals surface area (Å²) in [6.45, 7) is 2.24. The van der Waals surface area contributed by atoms with Crippen LogP contribution in [0.15, 0.2) is 114 Å². The largest absolute Gasteiger partial charge is 0.469 e. The van der Waals surface area contributed by atoms with E-state index in [1.165, 1.54) is 12.6 Å². The predicted molar refractivity (Wildman–Crippen MR) is 151 cm³/mol. The molecule has 7 nitrogen and oxygen atoms in total. The predicted octanol–water partition coefficient (Wildman–Crippen LogP) is 6.87. The van der Waals surface area contributed by atoms with Gasteiger partial charge in [0.1, 0.15) is 23.8 Å². The summed E-state index contributed by atoms with van der Waals surface area (Å²) in [5, 5.41) is 17.7. The minimum atomic E-state index is -0.658. The van der Waals surface area contributed by atoms with Crippen molar-refractivity contribution in [1.29, 1.82) is 5.26 Å². The maximum absolute atomic E-state index is 11.7. The van der Waals surface area contributed by atoms with Crippen LogP contribution in [0.2, 0.25) is 5.02 Å². The highest BCUT2D eigenvalue weighted by molar-refractivity contribution is 6.30. The molecule has 1 amide bonds. The second kappa shape index (κ2) is 13.2. The number of nitriles is 1. The fourth-order valence-corrected chi connectivity index (χ4v) is 4.29. The Labute approximate surface area is 232 Å². The van der Waals surface area contributed by atoms with Crippen molar-refractivity contribution in [3.05, 3.63) is 137 Å². The molecule has 3 aromatic carbocycles. The van der Waals surface area contributed by atoms with Crippen molar-refractivity contribution in [3.63, 3.8) is 0 Å². The van der Waals surface area contributed by atoms with Gasteiger partial charge >= 0.3 is 0 Å². The molecule has 0 saturated heterocycles. The number of carbonyl (C=O) groups is 1. The number of benzene rings is 3. The van der Waals surface area contributed by atoms with Crippen LogP contribution in [-0.2, 0) is 18.4 Å². The minimum Gasteiger partial charge on any atom is -0.469 e. The first-order valence-electron chi connectivity index (χ1n) is 12.4. The summed E-state index contributed by atoms with van der Waals surface area (Å²) in [6, 6.07) is 31.2. The summed E-state index contributed by atoms with van der Waals surface area (Å²) in [7, 11) is 0. The molecule has 1 N–H and O–H groups in total. The molecule has 1 unspecified atom stereocenters. The van der Waals surface area contributed by atoms with Gasteiger partial charge in [-0.05, 0) is 61.2 Å². The summed E-state index contributed by atoms with van der Waals surface area (Å²) in [5.74, 6) is 0.482. The maximum Gasteiger partial charge on any atom is 0.259 e. The molecule has 196 valence electrons. The molecule has 1 atom stereocenters. The smallest absolute Gasteiger partial charge is 0.259 e.